The number of esters is 2. The second-order valence-corrected chi connectivity index (χ2v) is 1.47. The maximum atomic E-state index is 10.4. The third kappa shape index (κ3) is 5.08. The Balaban J connectivity index is 3.30. The standard InChI is InChI=1S/C6H9O4/c1-3-9-6(8)4-10-5(2)7/h2-4H2,1H3. The fourth-order valence-corrected chi connectivity index (χ4v) is 0.342. The number of hydrogen-bond acceptors (Lipinski definition) is 4. The number of carbonyl (C=O) groups is 2. The predicted octanol–water partition coefficient (Wildman–Crippen LogP) is -0.0732. The second kappa shape index (κ2) is 4.78. The zero-order chi connectivity index (χ0) is 7.98. The molecule has 1 radical (unpaired) electrons. The van der Waals surface area contributed by atoms with Gasteiger partial charge in [0.05, 0.1) is 13.5 Å². The van der Waals surface area contributed by atoms with E-state index in [2.05, 4.69) is 16.4 Å². The molecule has 0 aliphatic carbocycles. The molecule has 0 aliphatic heterocycles. The van der Waals surface area contributed by atoms with Crippen LogP contribution in [-0.4, -0.2) is 25.2 Å². The van der Waals surface area contributed by atoms with Crippen molar-refractivity contribution < 1.29 is 19.1 Å². The first-order chi connectivity index (χ1) is 4.66. The molecule has 0 bridgehead atoms. The van der Waals surface area contributed by atoms with Gasteiger partial charge in [-0.25, -0.2) is 4.79 Å². The molecule has 0 N–H and O–H groups in total. The lowest BCUT2D eigenvalue weighted by Crippen LogP contribution is -2.14. The third-order valence-corrected chi connectivity index (χ3v) is 0.656. The minimum atomic E-state index is -0.729. The highest BCUT2D eigenvalue weighted by Crippen LogP contribution is 1.80. The van der Waals surface area contributed by atoms with E-state index in [4.69, 9.17) is 0 Å². The van der Waals surface area contributed by atoms with Crippen LogP contribution in [0.1, 0.15) is 6.92 Å². The largest absolute Gasteiger partial charge is 0.463 e. The van der Waals surface area contributed by atoms with E-state index >= 15 is 0 Å². The molecule has 0 spiro atoms. The minimum Gasteiger partial charge on any atom is -0.463 e. The topological polar surface area (TPSA) is 52.6 Å². The Morgan fingerprint density at radius 2 is 2.00 bits per heavy atom. The van der Waals surface area contributed by atoms with Gasteiger partial charge in [0, 0.05) is 0 Å². The lowest BCUT2D eigenvalue weighted by atomic mass is 10.7. The average Bonchev–Trinajstić information content (AvgIpc) is 1.85. The van der Waals surface area contributed by atoms with E-state index in [1.165, 1.54) is 0 Å². The van der Waals surface area contributed by atoms with E-state index in [-0.39, 0.29) is 13.2 Å². The molecule has 10 heavy (non-hydrogen) atoms. The van der Waals surface area contributed by atoms with Gasteiger partial charge in [-0.3, -0.25) is 4.79 Å². The van der Waals surface area contributed by atoms with Crippen molar-refractivity contribution in [2.45, 2.75) is 6.92 Å². The summed E-state index contributed by atoms with van der Waals surface area (Å²) in [5.41, 5.74) is 0. The van der Waals surface area contributed by atoms with Crippen LogP contribution in [0.15, 0.2) is 0 Å². The highest BCUT2D eigenvalue weighted by Gasteiger charge is 2.02. The van der Waals surface area contributed by atoms with Crippen LogP contribution in [0.2, 0.25) is 0 Å². The van der Waals surface area contributed by atoms with Crippen molar-refractivity contribution in [3.63, 3.8) is 0 Å². The molecular formula is C6H9O4. The van der Waals surface area contributed by atoms with Crippen LogP contribution >= 0.6 is 0 Å². The molecule has 0 amide bonds. The van der Waals surface area contributed by atoms with Crippen LogP contribution in [0.3, 0.4) is 0 Å². The molecule has 0 heterocycles. The van der Waals surface area contributed by atoms with Crippen LogP contribution in [0.4, 0.5) is 0 Å². The molecule has 0 aromatic rings. The van der Waals surface area contributed by atoms with Crippen molar-refractivity contribution in [2.24, 2.45) is 0 Å². The van der Waals surface area contributed by atoms with Crippen LogP contribution in [0, 0.1) is 6.92 Å². The molecule has 4 heteroatoms. The number of carbonyl (C=O) groups excluding carboxylic acids is 2. The van der Waals surface area contributed by atoms with Gasteiger partial charge in [-0.15, -0.1) is 0 Å². The summed E-state index contributed by atoms with van der Waals surface area (Å²) in [6, 6.07) is 0. The van der Waals surface area contributed by atoms with Gasteiger partial charge >= 0.3 is 11.9 Å². The summed E-state index contributed by atoms with van der Waals surface area (Å²) in [5, 5.41) is 0. The molecule has 0 aliphatic rings. The zero-order valence-electron chi connectivity index (χ0n) is 5.75. The van der Waals surface area contributed by atoms with Gasteiger partial charge in [0.1, 0.15) is 0 Å². The Morgan fingerprint density at radius 3 is 2.40 bits per heavy atom. The van der Waals surface area contributed by atoms with Gasteiger partial charge in [0.25, 0.3) is 0 Å². The molecule has 0 unspecified atom stereocenters. The van der Waals surface area contributed by atoms with E-state index in [1.807, 2.05) is 0 Å². The molecule has 0 fully saturated rings. The van der Waals surface area contributed by atoms with E-state index in [0.717, 1.165) is 0 Å². The Labute approximate surface area is 59.1 Å². The van der Waals surface area contributed by atoms with E-state index < -0.39 is 11.9 Å². The second-order valence-electron chi connectivity index (χ2n) is 1.47. The Bertz CT molecular complexity index is 130. The SMILES string of the molecule is [CH2]C(=O)OCC(=O)OCC. The Kier molecular flexibility index (Phi) is 4.28. The van der Waals surface area contributed by atoms with Gasteiger partial charge in [0.2, 0.25) is 0 Å². The van der Waals surface area contributed by atoms with Crippen LogP contribution in [-0.2, 0) is 19.1 Å². The lowest BCUT2D eigenvalue weighted by Gasteiger charge is -2.00. The Hall–Kier alpha value is -1.06. The number of hydrogen-bond donors (Lipinski definition) is 0. The minimum absolute atomic E-state index is 0.285. The summed E-state index contributed by atoms with van der Waals surface area (Å²) < 4.78 is 8.68. The maximum absolute atomic E-state index is 10.4. The highest BCUT2D eigenvalue weighted by molar-refractivity contribution is 5.78. The average molecular weight is 145 g/mol. The summed E-state index contributed by atoms with van der Waals surface area (Å²) in [6.45, 7) is 4.51. The molecule has 0 saturated heterocycles. The van der Waals surface area contributed by atoms with Gasteiger partial charge in [-0.2, -0.15) is 0 Å². The normalized spacial score (nSPS) is 8.60. The summed E-state index contributed by atoms with van der Waals surface area (Å²) in [5.74, 6) is -1.28. The van der Waals surface area contributed by atoms with Crippen molar-refractivity contribution in [1.82, 2.24) is 0 Å². The highest BCUT2D eigenvalue weighted by atomic mass is 16.6. The summed E-state index contributed by atoms with van der Waals surface area (Å²) >= 11 is 0. The van der Waals surface area contributed by atoms with Crippen LogP contribution < -0.4 is 0 Å². The molecule has 4 nitrogen and oxygen atoms in total. The van der Waals surface area contributed by atoms with E-state index in [9.17, 15) is 9.59 Å². The maximum Gasteiger partial charge on any atom is 0.344 e. The number of ether oxygens (including phenoxy) is 2. The monoisotopic (exact) mass is 145 g/mol. The third-order valence-electron chi connectivity index (χ3n) is 0.656. The fraction of sp³-hybridized carbons (Fsp3) is 0.500. The first-order valence-electron chi connectivity index (χ1n) is 2.81. The van der Waals surface area contributed by atoms with E-state index in [0.29, 0.717) is 0 Å². The molecule has 0 aromatic heterocycles. The molecule has 57 valence electrons. The quantitative estimate of drug-likeness (QED) is 0.521. The van der Waals surface area contributed by atoms with Crippen molar-refractivity contribution in [1.29, 1.82) is 0 Å². The molecular weight excluding hydrogens is 136 g/mol. The van der Waals surface area contributed by atoms with Crippen LogP contribution in [0.25, 0.3) is 0 Å². The zero-order valence-corrected chi connectivity index (χ0v) is 5.75. The van der Waals surface area contributed by atoms with Crippen molar-refractivity contribution in [2.75, 3.05) is 13.2 Å². The smallest absolute Gasteiger partial charge is 0.344 e. The van der Waals surface area contributed by atoms with Crippen molar-refractivity contribution in [3.05, 3.63) is 6.92 Å². The van der Waals surface area contributed by atoms with Gasteiger partial charge in [0.15, 0.2) is 6.61 Å². The van der Waals surface area contributed by atoms with Gasteiger partial charge in [-0.05, 0) is 6.92 Å². The van der Waals surface area contributed by atoms with Crippen molar-refractivity contribution >= 4 is 11.9 Å². The molecule has 0 saturated carbocycles. The molecule has 0 rings (SSSR count). The van der Waals surface area contributed by atoms with Crippen molar-refractivity contribution in [3.8, 4) is 0 Å². The van der Waals surface area contributed by atoms with E-state index in [1.54, 1.807) is 6.92 Å². The Morgan fingerprint density at radius 1 is 1.40 bits per heavy atom. The molecule has 0 atom stereocenters. The first kappa shape index (κ1) is 8.94. The lowest BCUT2D eigenvalue weighted by molar-refractivity contribution is -0.155. The van der Waals surface area contributed by atoms with Gasteiger partial charge in [-0.1, -0.05) is 0 Å². The fourth-order valence-electron chi connectivity index (χ4n) is 0.342. The van der Waals surface area contributed by atoms with Gasteiger partial charge < -0.3 is 9.47 Å². The summed E-state index contributed by atoms with van der Waals surface area (Å²) in [7, 11) is 0. The van der Waals surface area contributed by atoms with Crippen LogP contribution in [0.5, 0.6) is 0 Å². The summed E-state index contributed by atoms with van der Waals surface area (Å²) in [6.07, 6.45) is 0. The predicted molar refractivity (Wildman–Crippen MR) is 32.9 cm³/mol. The summed E-state index contributed by atoms with van der Waals surface area (Å²) in [4.78, 5) is 20.4. The molecule has 0 aromatic carbocycles. The first-order valence-corrected chi connectivity index (χ1v) is 2.81. The number of rotatable bonds is 3.